The van der Waals surface area contributed by atoms with Crippen LogP contribution in [0.25, 0.3) is 16.8 Å². The van der Waals surface area contributed by atoms with Crippen LogP contribution in [-0.2, 0) is 27.7 Å². The summed E-state index contributed by atoms with van der Waals surface area (Å²) in [7, 11) is -4.26. The van der Waals surface area contributed by atoms with Crippen molar-refractivity contribution < 1.29 is 22.9 Å². The Balaban J connectivity index is 1.66. The van der Waals surface area contributed by atoms with Crippen LogP contribution >= 0.6 is 11.6 Å². The van der Waals surface area contributed by atoms with Gasteiger partial charge in [0.05, 0.1) is 27.1 Å². The van der Waals surface area contributed by atoms with Crippen LogP contribution in [0, 0.1) is 10.1 Å². The number of non-ortho nitro benzene ring substituents is 1. The number of nitro benzene ring substituents is 1. The van der Waals surface area contributed by atoms with Crippen molar-refractivity contribution in [2.75, 3.05) is 0 Å². The fourth-order valence-corrected chi connectivity index (χ4v) is 5.73. The van der Waals surface area contributed by atoms with Crippen molar-refractivity contribution >= 4 is 33.4 Å². The second-order valence-electron chi connectivity index (χ2n) is 11.0. The largest absolute Gasteiger partial charge is 0.443 e. The zero-order chi connectivity index (χ0) is 32.2. The predicted octanol–water partition coefficient (Wildman–Crippen LogP) is 5.87. The molecule has 1 amide bonds. The molecule has 0 fully saturated rings. The molecule has 14 heteroatoms. The number of ether oxygens (including phenoxy) is 1. The number of sulfonamides is 1. The summed E-state index contributed by atoms with van der Waals surface area (Å²) in [6.45, 7) is 7.04. The number of carbonyl (C=O) groups is 1. The van der Waals surface area contributed by atoms with E-state index in [1.54, 1.807) is 63.2 Å². The number of unbranched alkanes of at least 4 members (excludes halogenated alkanes) is 1. The van der Waals surface area contributed by atoms with E-state index in [9.17, 15) is 28.1 Å². The Morgan fingerprint density at radius 1 is 1.09 bits per heavy atom. The molecule has 12 nitrogen and oxygen atoms in total. The molecule has 0 saturated heterocycles. The van der Waals surface area contributed by atoms with Gasteiger partial charge in [-0.15, -0.1) is 5.10 Å². The molecular formula is C30H32ClN5O7S. The van der Waals surface area contributed by atoms with Crippen LogP contribution in [-0.4, -0.2) is 39.4 Å². The smallest absolute Gasteiger partial charge is 0.421 e. The fourth-order valence-electron chi connectivity index (χ4n) is 4.42. The number of benzene rings is 3. The zero-order valence-corrected chi connectivity index (χ0v) is 26.2. The van der Waals surface area contributed by atoms with E-state index in [1.807, 2.05) is 11.6 Å². The van der Waals surface area contributed by atoms with Gasteiger partial charge in [0.25, 0.3) is 15.7 Å². The third-order valence-corrected chi connectivity index (χ3v) is 8.15. The minimum atomic E-state index is -4.26. The lowest BCUT2D eigenvalue weighted by atomic mass is 10.0. The number of nitrogens with one attached hydrogen (secondary N) is 1. The average Bonchev–Trinajstić information content (AvgIpc) is 3.25. The van der Waals surface area contributed by atoms with Crippen molar-refractivity contribution in [2.24, 2.45) is 0 Å². The minimum Gasteiger partial charge on any atom is -0.443 e. The second-order valence-corrected chi connectivity index (χ2v) is 13.1. The number of rotatable bonds is 10. The first-order valence-corrected chi connectivity index (χ1v) is 15.6. The van der Waals surface area contributed by atoms with Crippen molar-refractivity contribution in [1.82, 2.24) is 19.1 Å². The van der Waals surface area contributed by atoms with Gasteiger partial charge >= 0.3 is 11.8 Å². The third-order valence-electron chi connectivity index (χ3n) is 6.46. The van der Waals surface area contributed by atoms with Crippen LogP contribution in [0.3, 0.4) is 0 Å². The highest BCUT2D eigenvalue weighted by atomic mass is 35.5. The standard InChI is InChI=1S/C30H32ClN5O7S/c1-5-6-11-27-32-35(25-18-22(36(39)40)16-17-24(25)31)29(38)34(27)19-20-12-14-21(15-13-20)23-9-7-8-10-26(23)44(41,42)33-28(37)43-30(2,3)4/h7-10,12-18H,5-6,11,19H2,1-4H3,(H,33,37). The van der Waals surface area contributed by atoms with Gasteiger partial charge in [0.1, 0.15) is 11.4 Å². The zero-order valence-electron chi connectivity index (χ0n) is 24.6. The molecule has 1 N–H and O–H groups in total. The van der Waals surface area contributed by atoms with Gasteiger partial charge < -0.3 is 4.74 Å². The number of hydrogen-bond acceptors (Lipinski definition) is 8. The van der Waals surface area contributed by atoms with E-state index in [1.165, 1.54) is 28.8 Å². The van der Waals surface area contributed by atoms with Gasteiger partial charge in [0, 0.05) is 24.1 Å². The van der Waals surface area contributed by atoms with Gasteiger partial charge in [0.2, 0.25) is 0 Å². The molecule has 0 aliphatic rings. The highest BCUT2D eigenvalue weighted by Crippen LogP contribution is 2.28. The number of hydrogen-bond donors (Lipinski definition) is 1. The van der Waals surface area contributed by atoms with E-state index in [0.29, 0.717) is 23.4 Å². The maximum atomic E-state index is 13.5. The summed E-state index contributed by atoms with van der Waals surface area (Å²) in [5, 5.41) is 15.9. The summed E-state index contributed by atoms with van der Waals surface area (Å²) in [6.07, 6.45) is 1.04. The molecule has 0 spiro atoms. The van der Waals surface area contributed by atoms with Gasteiger partial charge in [-0.25, -0.2) is 22.7 Å². The maximum absolute atomic E-state index is 13.5. The van der Waals surface area contributed by atoms with Crippen molar-refractivity contribution in [3.8, 4) is 16.8 Å². The normalized spacial score (nSPS) is 11.8. The molecule has 4 aromatic rings. The maximum Gasteiger partial charge on any atom is 0.421 e. The summed E-state index contributed by atoms with van der Waals surface area (Å²) in [6, 6.07) is 17.0. The summed E-state index contributed by atoms with van der Waals surface area (Å²) < 4.78 is 35.8. The molecule has 4 rings (SSSR count). The average molecular weight is 642 g/mol. The molecule has 0 atom stereocenters. The van der Waals surface area contributed by atoms with Crippen LogP contribution in [0.4, 0.5) is 10.5 Å². The van der Waals surface area contributed by atoms with E-state index in [-0.39, 0.29) is 27.8 Å². The number of aromatic nitrogens is 3. The van der Waals surface area contributed by atoms with E-state index in [4.69, 9.17) is 16.3 Å². The number of halogens is 1. The number of carbonyl (C=O) groups excluding carboxylic acids is 1. The molecule has 0 radical (unpaired) electrons. The molecule has 0 saturated carbocycles. The van der Waals surface area contributed by atoms with Crippen molar-refractivity contribution in [2.45, 2.75) is 64.0 Å². The van der Waals surface area contributed by atoms with Crippen LogP contribution in [0.5, 0.6) is 0 Å². The first-order valence-electron chi connectivity index (χ1n) is 13.8. The first-order chi connectivity index (χ1) is 20.7. The van der Waals surface area contributed by atoms with Crippen molar-refractivity contribution in [3.05, 3.63) is 104 Å². The minimum absolute atomic E-state index is 0.105. The summed E-state index contributed by atoms with van der Waals surface area (Å²) in [5.74, 6) is 0.494. The van der Waals surface area contributed by atoms with Gasteiger partial charge in [-0.05, 0) is 50.5 Å². The van der Waals surface area contributed by atoms with Gasteiger partial charge in [-0.2, -0.15) is 4.68 Å². The molecule has 0 unspecified atom stereocenters. The Labute approximate surface area is 259 Å². The van der Waals surface area contributed by atoms with Crippen molar-refractivity contribution in [3.63, 3.8) is 0 Å². The lowest BCUT2D eigenvalue weighted by Crippen LogP contribution is -2.36. The van der Waals surface area contributed by atoms with Crippen LogP contribution in [0.1, 0.15) is 51.9 Å². The Kier molecular flexibility index (Phi) is 9.59. The SMILES string of the molecule is CCCCc1nn(-c2cc([N+](=O)[O-])ccc2Cl)c(=O)n1Cc1ccc(-c2ccccc2S(=O)(=O)NC(=O)OC(C)(C)C)cc1. The molecule has 232 valence electrons. The van der Waals surface area contributed by atoms with Crippen molar-refractivity contribution in [1.29, 1.82) is 0 Å². The van der Waals surface area contributed by atoms with Gasteiger partial charge in [-0.3, -0.25) is 14.7 Å². The van der Waals surface area contributed by atoms with Crippen LogP contribution in [0.2, 0.25) is 5.02 Å². The van der Waals surface area contributed by atoms with E-state index >= 15 is 0 Å². The topological polar surface area (TPSA) is 155 Å². The summed E-state index contributed by atoms with van der Waals surface area (Å²) in [4.78, 5) is 36.4. The predicted molar refractivity (Wildman–Crippen MR) is 166 cm³/mol. The second kappa shape index (κ2) is 13.0. The monoisotopic (exact) mass is 641 g/mol. The first kappa shape index (κ1) is 32.4. The quantitative estimate of drug-likeness (QED) is 0.167. The van der Waals surface area contributed by atoms with Gasteiger partial charge in [-0.1, -0.05) is 67.4 Å². The van der Waals surface area contributed by atoms with Gasteiger partial charge in [0.15, 0.2) is 0 Å². The summed E-state index contributed by atoms with van der Waals surface area (Å²) in [5.41, 5.74) is 0.156. The van der Waals surface area contributed by atoms with Crippen LogP contribution < -0.4 is 10.4 Å². The van der Waals surface area contributed by atoms with E-state index in [0.717, 1.165) is 23.1 Å². The number of aryl methyl sites for hydroxylation is 1. The Bertz CT molecular complexity index is 1860. The molecule has 0 aliphatic heterocycles. The van der Waals surface area contributed by atoms with E-state index in [2.05, 4.69) is 5.10 Å². The Morgan fingerprint density at radius 2 is 1.77 bits per heavy atom. The molecular weight excluding hydrogens is 610 g/mol. The molecule has 1 heterocycles. The fraction of sp³-hybridized carbons (Fsp3) is 0.300. The molecule has 3 aromatic carbocycles. The number of nitrogens with zero attached hydrogens (tertiary/aromatic N) is 4. The lowest BCUT2D eigenvalue weighted by Gasteiger charge is -2.20. The Morgan fingerprint density at radius 3 is 2.41 bits per heavy atom. The molecule has 0 bridgehead atoms. The van der Waals surface area contributed by atoms with Crippen LogP contribution in [0.15, 0.2) is 76.4 Å². The highest BCUT2D eigenvalue weighted by molar-refractivity contribution is 7.90. The summed E-state index contributed by atoms with van der Waals surface area (Å²) >= 11 is 6.31. The molecule has 0 aliphatic carbocycles. The highest BCUT2D eigenvalue weighted by Gasteiger charge is 2.25. The Hall–Kier alpha value is -4.49. The third kappa shape index (κ3) is 7.53. The molecule has 1 aromatic heterocycles. The molecule has 44 heavy (non-hydrogen) atoms. The number of amides is 1. The lowest BCUT2D eigenvalue weighted by molar-refractivity contribution is -0.384. The van der Waals surface area contributed by atoms with E-state index < -0.39 is 32.3 Å². The number of nitro groups is 1.